The third kappa shape index (κ3) is 5.91. The van der Waals surface area contributed by atoms with Crippen molar-refractivity contribution >= 4 is 29.3 Å². The quantitative estimate of drug-likeness (QED) is 0.701. The second kappa shape index (κ2) is 9.50. The number of ether oxygens (including phenoxy) is 1. The number of carbonyl (C=O) groups excluding carboxylic acids is 2. The summed E-state index contributed by atoms with van der Waals surface area (Å²) in [6, 6.07) is 11.8. The molecule has 0 saturated heterocycles. The second-order valence-corrected chi connectivity index (χ2v) is 6.63. The minimum absolute atomic E-state index is 0.258. The lowest BCUT2D eigenvalue weighted by Crippen LogP contribution is -2.37. The molecule has 0 aliphatic rings. The van der Waals surface area contributed by atoms with Gasteiger partial charge in [0, 0.05) is 11.9 Å². The molecule has 5 nitrogen and oxygen atoms in total. The van der Waals surface area contributed by atoms with Crippen molar-refractivity contribution in [1.29, 1.82) is 0 Å². The summed E-state index contributed by atoms with van der Waals surface area (Å²) in [6.45, 7) is -0.871. The van der Waals surface area contributed by atoms with Crippen molar-refractivity contribution < 1.29 is 27.5 Å². The smallest absolute Gasteiger partial charge is 0.419 e. The van der Waals surface area contributed by atoms with E-state index in [2.05, 4.69) is 5.32 Å². The molecule has 9 heteroatoms. The number of anilines is 1. The molecule has 0 aliphatic carbocycles. The number of rotatable bonds is 7. The van der Waals surface area contributed by atoms with Crippen LogP contribution in [0.15, 0.2) is 53.4 Å². The molecule has 2 aromatic carbocycles. The van der Waals surface area contributed by atoms with Gasteiger partial charge in [0.2, 0.25) is 5.91 Å². The van der Waals surface area contributed by atoms with Crippen LogP contribution in [0.2, 0.25) is 0 Å². The maximum absolute atomic E-state index is 12.9. The SMILES string of the molecule is CSc1ccccc1NC(=O)CN(C)C(=O)COc1ccccc1C(F)(F)F. The second-order valence-electron chi connectivity index (χ2n) is 5.78. The van der Waals surface area contributed by atoms with Crippen molar-refractivity contribution in [3.05, 3.63) is 54.1 Å². The van der Waals surface area contributed by atoms with E-state index in [1.54, 1.807) is 12.1 Å². The maximum atomic E-state index is 12.9. The molecule has 0 saturated carbocycles. The summed E-state index contributed by atoms with van der Waals surface area (Å²) in [5.74, 6) is -1.48. The fourth-order valence-electron chi connectivity index (χ4n) is 2.32. The van der Waals surface area contributed by atoms with Crippen LogP contribution in [-0.4, -0.2) is 43.2 Å². The molecule has 0 aliphatic heterocycles. The fraction of sp³-hybridized carbons (Fsp3) is 0.263. The van der Waals surface area contributed by atoms with E-state index in [1.807, 2.05) is 18.4 Å². The summed E-state index contributed by atoms with van der Waals surface area (Å²) in [5.41, 5.74) is -0.340. The van der Waals surface area contributed by atoms with Crippen molar-refractivity contribution in [2.75, 3.05) is 31.8 Å². The number of likely N-dealkylation sites (N-methyl/N-ethyl adjacent to an activating group) is 1. The molecule has 0 aromatic heterocycles. The van der Waals surface area contributed by atoms with Gasteiger partial charge in [-0.2, -0.15) is 13.2 Å². The van der Waals surface area contributed by atoms with Crippen LogP contribution in [0, 0.1) is 0 Å². The molecule has 28 heavy (non-hydrogen) atoms. The molecule has 0 radical (unpaired) electrons. The monoisotopic (exact) mass is 412 g/mol. The van der Waals surface area contributed by atoms with Crippen LogP contribution in [0.3, 0.4) is 0 Å². The standard InChI is InChI=1S/C19H19F3N2O3S/c1-24(11-17(25)23-14-8-4-6-10-16(14)28-2)18(26)12-27-15-9-5-3-7-13(15)19(20,21)22/h3-10H,11-12H2,1-2H3,(H,23,25). The zero-order valence-corrected chi connectivity index (χ0v) is 16.1. The molecule has 0 atom stereocenters. The Morgan fingerprint density at radius 1 is 1.11 bits per heavy atom. The Balaban J connectivity index is 1.92. The Kier molecular flexibility index (Phi) is 7.33. The first-order chi connectivity index (χ1) is 13.2. The Morgan fingerprint density at radius 2 is 1.75 bits per heavy atom. The number of halogens is 3. The van der Waals surface area contributed by atoms with Crippen LogP contribution in [-0.2, 0) is 15.8 Å². The van der Waals surface area contributed by atoms with Gasteiger partial charge in [-0.15, -0.1) is 11.8 Å². The largest absolute Gasteiger partial charge is 0.483 e. The van der Waals surface area contributed by atoms with E-state index in [4.69, 9.17) is 4.74 Å². The Morgan fingerprint density at radius 3 is 2.43 bits per heavy atom. The molecular formula is C19H19F3N2O3S. The topological polar surface area (TPSA) is 58.6 Å². The summed E-state index contributed by atoms with van der Waals surface area (Å²) in [6.07, 6.45) is -2.72. The van der Waals surface area contributed by atoms with Gasteiger partial charge < -0.3 is 15.0 Å². The molecular weight excluding hydrogens is 393 g/mol. The first-order valence-corrected chi connectivity index (χ1v) is 9.40. The molecule has 0 bridgehead atoms. The molecule has 0 heterocycles. The Labute approximate surface area is 164 Å². The molecule has 0 spiro atoms. The minimum Gasteiger partial charge on any atom is -0.483 e. The number of alkyl halides is 3. The zero-order valence-electron chi connectivity index (χ0n) is 15.2. The van der Waals surface area contributed by atoms with Gasteiger partial charge in [0.05, 0.1) is 17.8 Å². The predicted octanol–water partition coefficient (Wildman–Crippen LogP) is 3.90. The number of carbonyl (C=O) groups is 2. The maximum Gasteiger partial charge on any atom is 0.419 e. The van der Waals surface area contributed by atoms with Gasteiger partial charge in [-0.1, -0.05) is 24.3 Å². The van der Waals surface area contributed by atoms with E-state index in [1.165, 1.54) is 30.9 Å². The van der Waals surface area contributed by atoms with Gasteiger partial charge in [0.15, 0.2) is 6.61 Å². The van der Waals surface area contributed by atoms with E-state index in [-0.39, 0.29) is 6.54 Å². The van der Waals surface area contributed by atoms with Gasteiger partial charge in [-0.25, -0.2) is 0 Å². The molecule has 1 N–H and O–H groups in total. The summed E-state index contributed by atoms with van der Waals surface area (Å²) in [7, 11) is 1.38. The van der Waals surface area contributed by atoms with Crippen molar-refractivity contribution in [2.24, 2.45) is 0 Å². The van der Waals surface area contributed by atoms with Crippen LogP contribution in [0.1, 0.15) is 5.56 Å². The highest BCUT2D eigenvalue weighted by atomic mass is 32.2. The first kappa shape index (κ1) is 21.6. The molecule has 0 unspecified atom stereocenters. The number of nitrogens with zero attached hydrogens (tertiary/aromatic N) is 1. The number of para-hydroxylation sites is 2. The number of hydrogen-bond donors (Lipinski definition) is 1. The number of hydrogen-bond acceptors (Lipinski definition) is 4. The van der Waals surface area contributed by atoms with Crippen molar-refractivity contribution in [1.82, 2.24) is 4.90 Å². The molecule has 2 rings (SSSR count). The average Bonchev–Trinajstić information content (AvgIpc) is 2.65. The third-order valence-electron chi connectivity index (χ3n) is 3.73. The number of thioether (sulfide) groups is 1. The predicted molar refractivity (Wildman–Crippen MR) is 101 cm³/mol. The Bertz CT molecular complexity index is 843. The molecule has 2 amide bonds. The first-order valence-electron chi connectivity index (χ1n) is 8.18. The van der Waals surface area contributed by atoms with Gasteiger partial charge in [0.25, 0.3) is 5.91 Å². The summed E-state index contributed by atoms with van der Waals surface area (Å²) >= 11 is 1.46. The normalized spacial score (nSPS) is 11.0. The highest BCUT2D eigenvalue weighted by Crippen LogP contribution is 2.35. The van der Waals surface area contributed by atoms with Gasteiger partial charge in [-0.3, -0.25) is 9.59 Å². The van der Waals surface area contributed by atoms with Crippen LogP contribution >= 0.6 is 11.8 Å². The summed E-state index contributed by atoms with van der Waals surface area (Å²) < 4.78 is 43.9. The van der Waals surface area contributed by atoms with E-state index in [0.29, 0.717) is 5.69 Å². The minimum atomic E-state index is -4.59. The molecule has 150 valence electrons. The van der Waals surface area contributed by atoms with E-state index in [9.17, 15) is 22.8 Å². The lowest BCUT2D eigenvalue weighted by molar-refractivity contribution is -0.141. The van der Waals surface area contributed by atoms with Crippen LogP contribution in [0.25, 0.3) is 0 Å². The third-order valence-corrected chi connectivity index (χ3v) is 4.53. The number of nitrogens with one attached hydrogen (secondary N) is 1. The average molecular weight is 412 g/mol. The lowest BCUT2D eigenvalue weighted by Gasteiger charge is -2.19. The Hall–Kier alpha value is -2.68. The molecule has 2 aromatic rings. The van der Waals surface area contributed by atoms with Crippen LogP contribution in [0.4, 0.5) is 18.9 Å². The van der Waals surface area contributed by atoms with Crippen molar-refractivity contribution in [3.8, 4) is 5.75 Å². The fourth-order valence-corrected chi connectivity index (χ4v) is 2.87. The van der Waals surface area contributed by atoms with Gasteiger partial charge in [0.1, 0.15) is 5.75 Å². The van der Waals surface area contributed by atoms with Crippen molar-refractivity contribution in [3.63, 3.8) is 0 Å². The van der Waals surface area contributed by atoms with Gasteiger partial charge in [-0.05, 0) is 30.5 Å². The summed E-state index contributed by atoms with van der Waals surface area (Å²) in [5, 5.41) is 2.71. The van der Waals surface area contributed by atoms with Crippen molar-refractivity contribution in [2.45, 2.75) is 11.1 Å². The van der Waals surface area contributed by atoms with E-state index < -0.39 is 35.9 Å². The number of amides is 2. The lowest BCUT2D eigenvalue weighted by atomic mass is 10.2. The summed E-state index contributed by atoms with van der Waals surface area (Å²) in [4.78, 5) is 26.2. The highest BCUT2D eigenvalue weighted by molar-refractivity contribution is 7.98. The van der Waals surface area contributed by atoms with Gasteiger partial charge >= 0.3 is 6.18 Å². The van der Waals surface area contributed by atoms with E-state index >= 15 is 0 Å². The highest BCUT2D eigenvalue weighted by Gasteiger charge is 2.34. The number of benzene rings is 2. The van der Waals surface area contributed by atoms with Crippen LogP contribution in [0.5, 0.6) is 5.75 Å². The van der Waals surface area contributed by atoms with Crippen LogP contribution < -0.4 is 10.1 Å². The van der Waals surface area contributed by atoms with E-state index in [0.717, 1.165) is 21.9 Å². The zero-order chi connectivity index (χ0) is 20.7. The molecule has 0 fully saturated rings.